The number of nitrogens with zero attached hydrogens (tertiary/aromatic N) is 4. The minimum absolute atomic E-state index is 0. The molecule has 6 heteroatoms. The van der Waals surface area contributed by atoms with E-state index in [1.807, 2.05) is 84.9 Å². The number of rotatable bonds is 6. The van der Waals surface area contributed by atoms with Crippen molar-refractivity contribution in [3.63, 3.8) is 0 Å². The summed E-state index contributed by atoms with van der Waals surface area (Å²) < 4.78 is 53.5. The molecule has 0 aliphatic rings. The first-order valence-corrected chi connectivity index (χ1v) is 15.9. The summed E-state index contributed by atoms with van der Waals surface area (Å²) in [6.45, 7) is 4.21. The SMILES string of the molecule is [2H]c1c([2H])c([2H])c(-[n+]2[c-]n(-c3[c-]c(Oc4[c-]c5c(cc4)c4ccccc4n5-c4cccc(-c5c(C)cccc5C)n4)ccc3)c3ccccc32)c([2H])c1[2H].[Pt]. The van der Waals surface area contributed by atoms with Gasteiger partial charge >= 0.3 is 0 Å². The van der Waals surface area contributed by atoms with Crippen LogP contribution >= 0.6 is 0 Å². The van der Waals surface area contributed by atoms with Gasteiger partial charge < -0.3 is 13.9 Å². The minimum Gasteiger partial charge on any atom is -0.510 e. The Labute approximate surface area is 312 Å². The van der Waals surface area contributed by atoms with Gasteiger partial charge in [0.1, 0.15) is 5.82 Å². The Morgan fingerprint density at radius 1 is 0.680 bits per heavy atom. The number of imidazole rings is 1. The second-order valence-corrected chi connectivity index (χ2v) is 11.8. The van der Waals surface area contributed by atoms with Crippen LogP contribution in [0.4, 0.5) is 0 Å². The van der Waals surface area contributed by atoms with Crippen LogP contribution in [0.2, 0.25) is 0 Å². The molecular formula is C44H30N4OPt-2. The fraction of sp³-hybridized carbons (Fsp3) is 0.0455. The summed E-state index contributed by atoms with van der Waals surface area (Å²) in [6.07, 6.45) is 3.22. The second-order valence-electron chi connectivity index (χ2n) is 11.8. The molecule has 0 bridgehead atoms. The predicted octanol–water partition coefficient (Wildman–Crippen LogP) is 9.87. The minimum atomic E-state index is -0.450. The van der Waals surface area contributed by atoms with Crippen molar-refractivity contribution in [3.8, 4) is 39.9 Å². The van der Waals surface area contributed by atoms with Crippen LogP contribution in [-0.2, 0) is 21.1 Å². The van der Waals surface area contributed by atoms with E-state index in [0.29, 0.717) is 28.2 Å². The first-order valence-electron chi connectivity index (χ1n) is 18.4. The largest absolute Gasteiger partial charge is 0.510 e. The molecule has 3 heterocycles. The van der Waals surface area contributed by atoms with Crippen LogP contribution in [-0.4, -0.2) is 14.1 Å². The summed E-state index contributed by atoms with van der Waals surface area (Å²) in [4.78, 5) is 5.17. The smallest absolute Gasteiger partial charge is 0.268 e. The molecule has 0 saturated carbocycles. The molecule has 0 aliphatic heterocycles. The molecule has 0 radical (unpaired) electrons. The van der Waals surface area contributed by atoms with Gasteiger partial charge in [-0.15, -0.1) is 29.7 Å². The maximum atomic E-state index is 8.59. The molecule has 3 aromatic heterocycles. The number of aromatic nitrogens is 4. The van der Waals surface area contributed by atoms with Crippen LogP contribution in [0.15, 0.2) is 145 Å². The number of benzene rings is 6. The summed E-state index contributed by atoms with van der Waals surface area (Å²) in [5.41, 5.74) is 8.07. The van der Waals surface area contributed by atoms with Gasteiger partial charge in [-0.25, -0.2) is 4.98 Å². The Morgan fingerprint density at radius 2 is 1.40 bits per heavy atom. The number of fused-ring (bicyclic) bond motifs is 4. The first kappa shape index (κ1) is 26.1. The van der Waals surface area contributed by atoms with Crippen molar-refractivity contribution < 1.29 is 37.2 Å². The van der Waals surface area contributed by atoms with Crippen LogP contribution in [0.25, 0.3) is 61.3 Å². The number of para-hydroxylation sites is 4. The van der Waals surface area contributed by atoms with Crippen molar-refractivity contribution in [2.75, 3.05) is 0 Å². The molecule has 6 aromatic carbocycles. The molecule has 9 aromatic rings. The van der Waals surface area contributed by atoms with Gasteiger partial charge in [-0.2, -0.15) is 18.2 Å². The van der Waals surface area contributed by atoms with E-state index >= 15 is 0 Å². The molecule has 0 fully saturated rings. The zero-order valence-electron chi connectivity index (χ0n) is 32.0. The Balaban J connectivity index is 0.00000427. The summed E-state index contributed by atoms with van der Waals surface area (Å²) in [7, 11) is 0. The van der Waals surface area contributed by atoms with E-state index < -0.39 is 18.1 Å². The molecule has 0 unspecified atom stereocenters. The summed E-state index contributed by atoms with van der Waals surface area (Å²) in [6, 6.07) is 42.4. The maximum absolute atomic E-state index is 8.59. The second kappa shape index (κ2) is 12.9. The van der Waals surface area contributed by atoms with Gasteiger partial charge in [-0.1, -0.05) is 90.4 Å². The van der Waals surface area contributed by atoms with E-state index in [2.05, 4.69) is 67.2 Å². The molecular weight excluding hydrogens is 796 g/mol. The van der Waals surface area contributed by atoms with Crippen molar-refractivity contribution in [3.05, 3.63) is 175 Å². The molecule has 5 nitrogen and oxygen atoms in total. The normalized spacial score (nSPS) is 12.6. The Hall–Kier alpha value is -5.77. The van der Waals surface area contributed by atoms with Gasteiger partial charge in [-0.05, 0) is 66.3 Å². The van der Waals surface area contributed by atoms with E-state index in [1.54, 1.807) is 4.57 Å². The Morgan fingerprint density at radius 3 is 2.24 bits per heavy atom. The first-order chi connectivity index (χ1) is 26.2. The molecule has 0 aliphatic carbocycles. The number of aryl methyl sites for hydroxylation is 2. The number of pyridine rings is 1. The van der Waals surface area contributed by atoms with Crippen molar-refractivity contribution in [1.29, 1.82) is 0 Å². The van der Waals surface area contributed by atoms with E-state index in [0.717, 1.165) is 50.0 Å². The van der Waals surface area contributed by atoms with Crippen molar-refractivity contribution in [2.45, 2.75) is 13.8 Å². The fourth-order valence-electron chi connectivity index (χ4n) is 6.58. The van der Waals surface area contributed by atoms with E-state index in [-0.39, 0.29) is 38.8 Å². The number of ether oxygens (including phenoxy) is 1. The fourth-order valence-corrected chi connectivity index (χ4v) is 6.58. The average molecular weight is 831 g/mol. The van der Waals surface area contributed by atoms with Gasteiger partial charge in [0.2, 0.25) is 0 Å². The zero-order valence-corrected chi connectivity index (χ0v) is 29.3. The van der Waals surface area contributed by atoms with Crippen LogP contribution in [0.3, 0.4) is 0 Å². The zero-order chi connectivity index (χ0) is 37.2. The number of hydrogen-bond acceptors (Lipinski definition) is 2. The van der Waals surface area contributed by atoms with E-state index in [9.17, 15) is 0 Å². The third kappa shape index (κ3) is 5.41. The van der Waals surface area contributed by atoms with Crippen molar-refractivity contribution >= 4 is 32.8 Å². The Kier molecular flexibility index (Phi) is 6.76. The summed E-state index contributed by atoms with van der Waals surface area (Å²) >= 11 is 0. The van der Waals surface area contributed by atoms with Gasteiger partial charge in [0.25, 0.3) is 6.33 Å². The predicted molar refractivity (Wildman–Crippen MR) is 195 cm³/mol. The van der Waals surface area contributed by atoms with E-state index in [4.69, 9.17) is 16.6 Å². The average Bonchev–Trinajstić information content (AvgIpc) is 3.72. The quantitative estimate of drug-likeness (QED) is 0.124. The third-order valence-electron chi connectivity index (χ3n) is 8.75. The van der Waals surface area contributed by atoms with Crippen molar-refractivity contribution in [1.82, 2.24) is 14.1 Å². The van der Waals surface area contributed by atoms with E-state index in [1.165, 1.54) is 4.57 Å². The molecule has 9 rings (SSSR count). The summed E-state index contributed by atoms with van der Waals surface area (Å²) in [5.74, 6) is 1.69. The molecule has 0 saturated heterocycles. The van der Waals surface area contributed by atoms with Crippen LogP contribution in [0.1, 0.15) is 18.0 Å². The van der Waals surface area contributed by atoms with Crippen LogP contribution < -0.4 is 9.30 Å². The van der Waals surface area contributed by atoms with Crippen LogP contribution in [0, 0.1) is 32.3 Å². The molecule has 50 heavy (non-hydrogen) atoms. The molecule has 0 amide bonds. The molecule has 0 N–H and O–H groups in total. The van der Waals surface area contributed by atoms with Crippen LogP contribution in [0.5, 0.6) is 11.5 Å². The number of hydrogen-bond donors (Lipinski definition) is 0. The van der Waals surface area contributed by atoms with Gasteiger partial charge in [-0.3, -0.25) is 4.57 Å². The standard InChI is InChI=1S/C44H30N4O.Pt/c1-30-13-10-14-31(2)44(30)38-20-12-24-43(45-38)48-39-21-7-6-19-36(39)37-26-25-35(28-42(37)48)49-34-18-11-17-33(27-34)47-29-46(32-15-4-3-5-16-32)40-22-8-9-23-41(40)47;/h3-26H,1-2H3;/q-2;/i3D,4D,5D,15D,16D;. The third-order valence-corrected chi connectivity index (χ3v) is 8.75. The van der Waals surface area contributed by atoms with Gasteiger partial charge in [0.15, 0.2) is 0 Å². The molecule has 244 valence electrons. The van der Waals surface area contributed by atoms with Gasteiger partial charge in [0.05, 0.1) is 29.3 Å². The maximum Gasteiger partial charge on any atom is 0.268 e. The topological polar surface area (TPSA) is 35.9 Å². The Bertz CT molecular complexity index is 2930. The molecule has 0 atom stereocenters. The summed E-state index contributed by atoms with van der Waals surface area (Å²) in [5, 5.41) is 2.09. The molecule has 0 spiro atoms. The van der Waals surface area contributed by atoms with Crippen molar-refractivity contribution in [2.24, 2.45) is 0 Å². The monoisotopic (exact) mass is 830 g/mol. The van der Waals surface area contributed by atoms with Gasteiger partial charge in [0, 0.05) is 43.6 Å².